The van der Waals surface area contributed by atoms with Gasteiger partial charge < -0.3 is 26.8 Å². The molecule has 3 fully saturated rings. The molecule has 3 saturated carbocycles. The highest BCUT2D eigenvalue weighted by Gasteiger charge is 2.30. The lowest BCUT2D eigenvalue weighted by Crippen LogP contribution is -2.14. The van der Waals surface area contributed by atoms with E-state index in [1.165, 1.54) is 63.4 Å². The van der Waals surface area contributed by atoms with Gasteiger partial charge in [0.15, 0.2) is 0 Å². The summed E-state index contributed by atoms with van der Waals surface area (Å²) in [6.07, 6.45) is 18.4. The molecule has 5 nitrogen and oxygen atoms in total. The first-order chi connectivity index (χ1) is 22.2. The molecule has 0 aliphatic heterocycles. The zero-order chi connectivity index (χ0) is 32.4. The molecule has 248 valence electrons. The summed E-state index contributed by atoms with van der Waals surface area (Å²) in [5.74, 6) is 2.16. The maximum absolute atomic E-state index is 11.2. The van der Waals surface area contributed by atoms with Gasteiger partial charge in [-0.25, -0.2) is 0 Å². The molecule has 0 amide bonds. The smallest absolute Gasteiger partial charge is 0.121 e. The van der Waals surface area contributed by atoms with Gasteiger partial charge in [0.2, 0.25) is 0 Å². The molecule has 7 N–H and O–H groups in total. The second kappa shape index (κ2) is 14.2. The summed E-state index contributed by atoms with van der Waals surface area (Å²) >= 11 is 0. The second-order valence-electron chi connectivity index (χ2n) is 15.0. The number of aromatic hydroxyl groups is 3. The fourth-order valence-corrected chi connectivity index (χ4v) is 9.23. The zero-order valence-corrected chi connectivity index (χ0v) is 28.2. The van der Waals surface area contributed by atoms with E-state index < -0.39 is 0 Å². The Bertz CT molecular complexity index is 1440. The van der Waals surface area contributed by atoms with Gasteiger partial charge in [-0.15, -0.1) is 0 Å². The number of phenolic OH excluding ortho intramolecular Hbond substituents is 3. The van der Waals surface area contributed by atoms with Crippen molar-refractivity contribution in [3.63, 3.8) is 0 Å². The van der Waals surface area contributed by atoms with Crippen molar-refractivity contribution in [1.29, 1.82) is 0 Å². The van der Waals surface area contributed by atoms with Crippen LogP contribution in [0.1, 0.15) is 178 Å². The van der Waals surface area contributed by atoms with Crippen LogP contribution in [0.2, 0.25) is 0 Å². The number of hydrogen-bond donors (Lipinski definition) is 5. The van der Waals surface area contributed by atoms with Gasteiger partial charge in [0.05, 0.1) is 0 Å². The number of nitrogen functional groups attached to an aromatic ring is 2. The van der Waals surface area contributed by atoms with Gasteiger partial charge in [-0.1, -0.05) is 70.8 Å². The first-order valence-corrected chi connectivity index (χ1v) is 18.3. The number of rotatable bonds is 8. The molecule has 46 heavy (non-hydrogen) atoms. The first-order valence-electron chi connectivity index (χ1n) is 18.3. The second-order valence-corrected chi connectivity index (χ2v) is 15.0. The van der Waals surface area contributed by atoms with Crippen LogP contribution in [0.5, 0.6) is 17.2 Å². The van der Waals surface area contributed by atoms with E-state index in [4.69, 9.17) is 11.5 Å². The summed E-state index contributed by atoms with van der Waals surface area (Å²) in [6.45, 7) is 4.35. The Kier molecular flexibility index (Phi) is 10.1. The Morgan fingerprint density at radius 1 is 0.543 bits per heavy atom. The average molecular weight is 625 g/mol. The van der Waals surface area contributed by atoms with Gasteiger partial charge in [0.25, 0.3) is 0 Å². The first kappa shape index (κ1) is 32.6. The number of aryl methyl sites for hydroxylation is 1. The van der Waals surface area contributed by atoms with Gasteiger partial charge in [-0.05, 0) is 133 Å². The molecule has 0 saturated heterocycles. The van der Waals surface area contributed by atoms with E-state index in [1.807, 2.05) is 6.07 Å². The van der Waals surface area contributed by atoms with Crippen molar-refractivity contribution in [1.82, 2.24) is 0 Å². The molecule has 0 radical (unpaired) electrons. The largest absolute Gasteiger partial charge is 0.508 e. The minimum Gasteiger partial charge on any atom is -0.508 e. The van der Waals surface area contributed by atoms with Crippen LogP contribution in [0, 0.1) is 6.92 Å². The van der Waals surface area contributed by atoms with Crippen molar-refractivity contribution < 1.29 is 15.3 Å². The average Bonchev–Trinajstić information content (AvgIpc) is 3.05. The highest BCUT2D eigenvalue weighted by Crippen LogP contribution is 2.48. The zero-order valence-electron chi connectivity index (χ0n) is 28.2. The third kappa shape index (κ3) is 6.85. The third-order valence-corrected chi connectivity index (χ3v) is 11.9. The van der Waals surface area contributed by atoms with Crippen molar-refractivity contribution in [3.8, 4) is 17.2 Å². The van der Waals surface area contributed by atoms with Crippen LogP contribution in [-0.2, 0) is 0 Å². The van der Waals surface area contributed by atoms with E-state index in [-0.39, 0.29) is 11.8 Å². The van der Waals surface area contributed by atoms with Gasteiger partial charge in [-0.2, -0.15) is 0 Å². The minimum atomic E-state index is -0.0489. The maximum atomic E-state index is 11.2. The molecule has 3 aromatic rings. The normalized spacial score (nSPS) is 20.0. The van der Waals surface area contributed by atoms with E-state index in [9.17, 15) is 15.3 Å². The number of benzene rings is 3. The minimum absolute atomic E-state index is 0.0489. The summed E-state index contributed by atoms with van der Waals surface area (Å²) in [7, 11) is 0. The number of hydrogen-bond acceptors (Lipinski definition) is 5. The van der Waals surface area contributed by atoms with E-state index in [0.29, 0.717) is 46.4 Å². The van der Waals surface area contributed by atoms with Gasteiger partial charge in [0.1, 0.15) is 17.2 Å². The maximum Gasteiger partial charge on any atom is 0.121 e. The monoisotopic (exact) mass is 624 g/mol. The predicted octanol–water partition coefficient (Wildman–Crippen LogP) is 10.7. The van der Waals surface area contributed by atoms with E-state index in [0.717, 1.165) is 78.3 Å². The van der Waals surface area contributed by atoms with Gasteiger partial charge in [0, 0.05) is 29.4 Å². The van der Waals surface area contributed by atoms with Crippen LogP contribution in [0.4, 0.5) is 11.4 Å². The fourth-order valence-electron chi connectivity index (χ4n) is 9.23. The van der Waals surface area contributed by atoms with Crippen LogP contribution < -0.4 is 11.5 Å². The topological polar surface area (TPSA) is 113 Å². The molecule has 0 heterocycles. The predicted molar refractivity (Wildman–Crippen MR) is 190 cm³/mol. The molecule has 3 aliphatic carbocycles. The van der Waals surface area contributed by atoms with Crippen molar-refractivity contribution in [2.75, 3.05) is 11.5 Å². The summed E-state index contributed by atoms with van der Waals surface area (Å²) in [5.41, 5.74) is 22.3. The summed E-state index contributed by atoms with van der Waals surface area (Å²) in [6, 6.07) is 12.2. The molecule has 0 aromatic heterocycles. The lowest BCUT2D eigenvalue weighted by Gasteiger charge is -2.30. The summed E-state index contributed by atoms with van der Waals surface area (Å²) < 4.78 is 0. The number of nitrogens with two attached hydrogens (primary N) is 2. The van der Waals surface area contributed by atoms with Crippen LogP contribution in [-0.4, -0.2) is 15.3 Å². The lowest BCUT2D eigenvalue weighted by molar-refractivity contribution is 0.413. The molecular formula is C41H56N2O3. The van der Waals surface area contributed by atoms with Crippen molar-refractivity contribution in [2.45, 2.75) is 146 Å². The quantitative estimate of drug-likeness (QED) is 0.160. The Labute approximate surface area is 276 Å². The highest BCUT2D eigenvalue weighted by atomic mass is 16.3. The Morgan fingerprint density at radius 2 is 0.913 bits per heavy atom. The standard InChI is InChI=1S/C41H56N2O3/c1-25(31-21-33(40(45)23-37(31)42)28-14-8-4-9-15-28)18-35(30-20-32(39(44)19-26(30)2)27-12-6-3-7-13-27)36-22-34(41(46)24-38(36)43)29-16-10-5-11-17-29/h19-25,27-29,35,44-46H,3-18,42-43H2,1-2H3. The van der Waals surface area contributed by atoms with Crippen LogP contribution in [0.25, 0.3) is 0 Å². The fraction of sp³-hybridized carbons (Fsp3) is 0.561. The lowest BCUT2D eigenvalue weighted by atomic mass is 9.75. The van der Waals surface area contributed by atoms with Gasteiger partial charge in [-0.3, -0.25) is 0 Å². The Balaban J connectivity index is 1.44. The van der Waals surface area contributed by atoms with Crippen molar-refractivity contribution in [3.05, 3.63) is 75.3 Å². The Morgan fingerprint density at radius 3 is 1.37 bits per heavy atom. The number of phenols is 3. The summed E-state index contributed by atoms with van der Waals surface area (Å²) in [5, 5.41) is 33.3. The Hall–Kier alpha value is -3.34. The highest BCUT2D eigenvalue weighted by molar-refractivity contribution is 5.61. The molecule has 2 unspecified atom stereocenters. The molecule has 2 atom stereocenters. The van der Waals surface area contributed by atoms with Crippen LogP contribution in [0.3, 0.4) is 0 Å². The molecular weight excluding hydrogens is 568 g/mol. The third-order valence-electron chi connectivity index (χ3n) is 11.9. The van der Waals surface area contributed by atoms with E-state index >= 15 is 0 Å². The van der Waals surface area contributed by atoms with Crippen molar-refractivity contribution in [2.24, 2.45) is 0 Å². The number of anilines is 2. The molecule has 6 rings (SSSR count). The molecule has 3 aliphatic rings. The molecule has 0 bridgehead atoms. The van der Waals surface area contributed by atoms with E-state index in [2.05, 4.69) is 32.0 Å². The summed E-state index contributed by atoms with van der Waals surface area (Å²) in [4.78, 5) is 0. The van der Waals surface area contributed by atoms with Crippen LogP contribution in [0.15, 0.2) is 36.4 Å². The van der Waals surface area contributed by atoms with E-state index in [1.54, 1.807) is 12.1 Å². The molecule has 5 heteroatoms. The molecule has 0 spiro atoms. The van der Waals surface area contributed by atoms with Crippen LogP contribution >= 0.6 is 0 Å². The molecule has 3 aromatic carbocycles. The van der Waals surface area contributed by atoms with Gasteiger partial charge >= 0.3 is 0 Å². The SMILES string of the molecule is Cc1cc(O)c(C2CCCCC2)cc1C(CC(C)c1cc(C2CCCCC2)c(O)cc1N)c1cc(C2CCCCC2)c(O)cc1N. The van der Waals surface area contributed by atoms with Crippen molar-refractivity contribution >= 4 is 11.4 Å².